The average molecular weight is 447 g/mol. The number of nitrogens with zero attached hydrogens (tertiary/aromatic N) is 2. The van der Waals surface area contributed by atoms with Crippen LogP contribution in [0.2, 0.25) is 0 Å². The number of hydrogen-bond acceptors (Lipinski definition) is 3. The van der Waals surface area contributed by atoms with Gasteiger partial charge in [-0.25, -0.2) is 4.68 Å². The van der Waals surface area contributed by atoms with E-state index in [9.17, 15) is 9.90 Å². The van der Waals surface area contributed by atoms with Crippen molar-refractivity contribution < 1.29 is 5.11 Å². The van der Waals surface area contributed by atoms with E-state index in [1.165, 1.54) is 4.68 Å². The molecule has 29 heavy (non-hydrogen) atoms. The fraction of sp³-hybridized carbons (Fsp3) is 0.0833. The molecule has 0 saturated carbocycles. The van der Waals surface area contributed by atoms with E-state index in [4.69, 9.17) is 0 Å². The fourth-order valence-electron chi connectivity index (χ4n) is 3.48. The van der Waals surface area contributed by atoms with Crippen molar-refractivity contribution in [1.82, 2.24) is 9.78 Å². The highest BCUT2D eigenvalue weighted by atomic mass is 79.9. The average Bonchev–Trinajstić information content (AvgIpc) is 2.77. The van der Waals surface area contributed by atoms with Crippen LogP contribution in [-0.4, -0.2) is 14.9 Å². The molecule has 5 heteroatoms. The largest absolute Gasteiger partial charge is 0.376 e. The molecule has 4 rings (SSSR count). The molecule has 0 amide bonds. The van der Waals surface area contributed by atoms with Gasteiger partial charge in [-0.1, -0.05) is 91.0 Å². The van der Waals surface area contributed by atoms with E-state index in [0.717, 1.165) is 5.56 Å². The first-order valence-corrected chi connectivity index (χ1v) is 10.0. The molecule has 0 saturated heterocycles. The predicted octanol–water partition coefficient (Wildman–Crippen LogP) is 4.34. The topological polar surface area (TPSA) is 55.1 Å². The maximum absolute atomic E-state index is 13.5. The third kappa shape index (κ3) is 3.67. The maximum Gasteiger partial charge on any atom is 0.275 e. The summed E-state index contributed by atoms with van der Waals surface area (Å²) in [6, 6.07) is 28.1. The van der Waals surface area contributed by atoms with E-state index in [2.05, 4.69) is 21.0 Å². The number of rotatable bonds is 5. The van der Waals surface area contributed by atoms with Crippen molar-refractivity contribution in [2.24, 2.45) is 0 Å². The quantitative estimate of drug-likeness (QED) is 0.496. The smallest absolute Gasteiger partial charge is 0.275 e. The molecular formula is C24H19BrN2O2. The number of aliphatic hydroxyl groups is 1. The van der Waals surface area contributed by atoms with Gasteiger partial charge in [-0.2, -0.15) is 5.10 Å². The standard InChI is InChI=1S/C24H19BrN2O2/c25-21-16-26-27(17-18-10-4-1-5-11-18)23(28)22(21)24(29,19-12-6-2-7-13-19)20-14-8-3-9-15-20/h1-16,29H,17H2. The van der Waals surface area contributed by atoms with Crippen molar-refractivity contribution >= 4 is 15.9 Å². The summed E-state index contributed by atoms with van der Waals surface area (Å²) in [5.74, 6) is 0. The summed E-state index contributed by atoms with van der Waals surface area (Å²) in [6.45, 7) is 0.319. The Morgan fingerprint density at radius 2 is 1.31 bits per heavy atom. The zero-order chi connectivity index (χ0) is 20.3. The molecule has 0 unspecified atom stereocenters. The Balaban J connectivity index is 1.94. The van der Waals surface area contributed by atoms with Crippen molar-refractivity contribution in [3.05, 3.63) is 134 Å². The van der Waals surface area contributed by atoms with Crippen LogP contribution >= 0.6 is 15.9 Å². The van der Waals surface area contributed by atoms with Crippen LogP contribution in [0.4, 0.5) is 0 Å². The van der Waals surface area contributed by atoms with Crippen LogP contribution < -0.4 is 5.56 Å². The third-order valence-electron chi connectivity index (χ3n) is 4.92. The lowest BCUT2D eigenvalue weighted by Crippen LogP contribution is -2.39. The van der Waals surface area contributed by atoms with Gasteiger partial charge in [0.2, 0.25) is 0 Å². The van der Waals surface area contributed by atoms with Crippen LogP contribution in [0.3, 0.4) is 0 Å². The van der Waals surface area contributed by atoms with Crippen LogP contribution in [0.1, 0.15) is 22.3 Å². The Bertz CT molecular complexity index is 1120. The summed E-state index contributed by atoms with van der Waals surface area (Å²) >= 11 is 3.46. The second-order valence-corrected chi connectivity index (χ2v) is 7.61. The Morgan fingerprint density at radius 1 is 0.828 bits per heavy atom. The number of benzene rings is 3. The SMILES string of the molecule is O=c1c(C(O)(c2ccccc2)c2ccccc2)c(Br)cnn1Cc1ccccc1. The van der Waals surface area contributed by atoms with Crippen molar-refractivity contribution in [2.75, 3.05) is 0 Å². The molecule has 0 aliphatic heterocycles. The molecule has 0 aliphatic carbocycles. The van der Waals surface area contributed by atoms with Gasteiger partial charge >= 0.3 is 0 Å². The lowest BCUT2D eigenvalue weighted by molar-refractivity contribution is 0.122. The Kier molecular flexibility index (Phi) is 5.43. The predicted molar refractivity (Wildman–Crippen MR) is 117 cm³/mol. The van der Waals surface area contributed by atoms with Gasteiger partial charge < -0.3 is 5.11 Å². The van der Waals surface area contributed by atoms with E-state index in [1.54, 1.807) is 6.20 Å². The van der Waals surface area contributed by atoms with Crippen LogP contribution in [0.25, 0.3) is 0 Å². The summed E-state index contributed by atoms with van der Waals surface area (Å²) in [4.78, 5) is 13.5. The normalized spacial score (nSPS) is 11.4. The van der Waals surface area contributed by atoms with Gasteiger partial charge in [0, 0.05) is 4.47 Å². The van der Waals surface area contributed by atoms with Crippen molar-refractivity contribution in [2.45, 2.75) is 12.1 Å². The summed E-state index contributed by atoms with van der Waals surface area (Å²) in [6.07, 6.45) is 1.57. The minimum atomic E-state index is -1.63. The first kappa shape index (κ1) is 19.3. The zero-order valence-electron chi connectivity index (χ0n) is 15.6. The van der Waals surface area contributed by atoms with E-state index >= 15 is 0 Å². The van der Waals surface area contributed by atoms with Gasteiger partial charge in [-0.15, -0.1) is 0 Å². The first-order valence-electron chi connectivity index (χ1n) is 9.24. The van der Waals surface area contributed by atoms with Crippen molar-refractivity contribution in [1.29, 1.82) is 0 Å². The van der Waals surface area contributed by atoms with Gasteiger partial charge in [-0.3, -0.25) is 4.79 Å². The van der Waals surface area contributed by atoms with Gasteiger partial charge in [-0.05, 0) is 32.6 Å². The molecule has 0 spiro atoms. The Labute approximate surface area is 177 Å². The van der Waals surface area contributed by atoms with E-state index in [0.29, 0.717) is 22.1 Å². The monoisotopic (exact) mass is 446 g/mol. The van der Waals surface area contributed by atoms with Crippen molar-refractivity contribution in [3.63, 3.8) is 0 Å². The van der Waals surface area contributed by atoms with E-state index in [1.807, 2.05) is 91.0 Å². The molecule has 0 atom stereocenters. The highest BCUT2D eigenvalue weighted by Gasteiger charge is 2.38. The number of halogens is 1. The second kappa shape index (κ2) is 8.15. The summed E-state index contributed by atoms with van der Waals surface area (Å²) in [7, 11) is 0. The molecule has 144 valence electrons. The van der Waals surface area contributed by atoms with Gasteiger partial charge in [0.1, 0.15) is 5.60 Å². The highest BCUT2D eigenvalue weighted by Crippen LogP contribution is 2.37. The summed E-state index contributed by atoms with van der Waals surface area (Å²) < 4.78 is 1.84. The minimum absolute atomic E-state index is 0.237. The van der Waals surface area contributed by atoms with Gasteiger partial charge in [0.25, 0.3) is 5.56 Å². The molecule has 1 aromatic heterocycles. The molecule has 1 heterocycles. The molecule has 1 N–H and O–H groups in total. The van der Waals surface area contributed by atoms with Crippen molar-refractivity contribution in [3.8, 4) is 0 Å². The fourth-order valence-corrected chi connectivity index (χ4v) is 4.03. The second-order valence-electron chi connectivity index (χ2n) is 6.76. The van der Waals surface area contributed by atoms with E-state index < -0.39 is 5.60 Å². The van der Waals surface area contributed by atoms with Crippen LogP contribution in [0.15, 0.2) is 106 Å². The molecule has 0 radical (unpaired) electrons. The lowest BCUT2D eigenvalue weighted by atomic mass is 9.81. The van der Waals surface area contributed by atoms with Crippen LogP contribution in [-0.2, 0) is 12.1 Å². The van der Waals surface area contributed by atoms with Gasteiger partial charge in [0.05, 0.1) is 18.3 Å². The molecule has 4 nitrogen and oxygen atoms in total. The molecule has 0 fully saturated rings. The Morgan fingerprint density at radius 3 is 1.83 bits per heavy atom. The third-order valence-corrected chi connectivity index (χ3v) is 5.52. The molecule has 3 aromatic carbocycles. The van der Waals surface area contributed by atoms with E-state index in [-0.39, 0.29) is 11.1 Å². The van der Waals surface area contributed by atoms with Crippen LogP contribution in [0.5, 0.6) is 0 Å². The lowest BCUT2D eigenvalue weighted by Gasteiger charge is -2.30. The molecule has 0 bridgehead atoms. The molecule has 0 aliphatic rings. The Hall–Kier alpha value is -3.02. The highest BCUT2D eigenvalue weighted by molar-refractivity contribution is 9.10. The van der Waals surface area contributed by atoms with Crippen LogP contribution in [0, 0.1) is 0 Å². The summed E-state index contributed by atoms with van der Waals surface area (Å²) in [5.41, 5.74) is 0.445. The summed E-state index contributed by atoms with van der Waals surface area (Å²) in [5, 5.41) is 16.3. The minimum Gasteiger partial charge on any atom is -0.376 e. The molecular weight excluding hydrogens is 428 g/mol. The first-order chi connectivity index (χ1) is 14.1. The zero-order valence-corrected chi connectivity index (χ0v) is 17.2. The maximum atomic E-state index is 13.5. The number of hydrogen-bond donors (Lipinski definition) is 1. The number of aromatic nitrogens is 2. The molecule has 4 aromatic rings. The van der Waals surface area contributed by atoms with Gasteiger partial charge in [0.15, 0.2) is 0 Å².